The van der Waals surface area contributed by atoms with Crippen LogP contribution in [0.15, 0.2) is 42.5 Å². The molecule has 0 bridgehead atoms. The lowest BCUT2D eigenvalue weighted by molar-refractivity contribution is -0.384. The summed E-state index contributed by atoms with van der Waals surface area (Å²) in [5.74, 6) is -0.0364. The molecule has 1 aliphatic heterocycles. The molecule has 0 unspecified atom stereocenters. The molecule has 2 fully saturated rings. The maximum atomic E-state index is 13.1. The SMILES string of the molecule is O=C(c1sc2ccccc2c1Cl)N1CCN(c2ccc([N+](=O)[O-])c(NC3CC3)c2)CC1. The van der Waals surface area contributed by atoms with Gasteiger partial charge in [0.25, 0.3) is 11.6 Å². The number of nitrogens with zero attached hydrogens (tertiary/aromatic N) is 3. The minimum absolute atomic E-state index is 0.0364. The Kier molecular flexibility index (Phi) is 5.19. The summed E-state index contributed by atoms with van der Waals surface area (Å²) < 4.78 is 1.01. The summed E-state index contributed by atoms with van der Waals surface area (Å²) in [6.45, 7) is 2.47. The Morgan fingerprint density at radius 3 is 2.55 bits per heavy atom. The fraction of sp³-hybridized carbons (Fsp3) is 0.318. The summed E-state index contributed by atoms with van der Waals surface area (Å²) in [6.07, 6.45) is 2.09. The van der Waals surface area contributed by atoms with Crippen molar-refractivity contribution in [2.24, 2.45) is 0 Å². The van der Waals surface area contributed by atoms with Crippen LogP contribution in [0, 0.1) is 10.1 Å². The first-order valence-corrected chi connectivity index (χ1v) is 11.5. The second-order valence-corrected chi connectivity index (χ2v) is 9.33. The van der Waals surface area contributed by atoms with Gasteiger partial charge in [0.2, 0.25) is 0 Å². The molecule has 9 heteroatoms. The Morgan fingerprint density at radius 1 is 1.13 bits per heavy atom. The zero-order valence-corrected chi connectivity index (χ0v) is 18.3. The van der Waals surface area contributed by atoms with E-state index in [2.05, 4.69) is 10.2 Å². The molecule has 1 saturated heterocycles. The van der Waals surface area contributed by atoms with Crippen LogP contribution in [0.25, 0.3) is 10.1 Å². The van der Waals surface area contributed by atoms with Crippen molar-refractivity contribution in [2.75, 3.05) is 36.4 Å². The van der Waals surface area contributed by atoms with E-state index in [4.69, 9.17) is 11.6 Å². The molecule has 2 aromatic carbocycles. The van der Waals surface area contributed by atoms with Gasteiger partial charge in [-0.3, -0.25) is 14.9 Å². The number of hydrogen-bond donors (Lipinski definition) is 1. The summed E-state index contributed by atoms with van der Waals surface area (Å²) in [6, 6.07) is 13.3. The number of hydrogen-bond acceptors (Lipinski definition) is 6. The summed E-state index contributed by atoms with van der Waals surface area (Å²) in [7, 11) is 0. The summed E-state index contributed by atoms with van der Waals surface area (Å²) in [5.41, 5.74) is 1.60. The molecule has 7 nitrogen and oxygen atoms in total. The van der Waals surface area contributed by atoms with Crippen molar-refractivity contribution in [3.05, 3.63) is 62.5 Å². The van der Waals surface area contributed by atoms with Crippen LogP contribution in [0.5, 0.6) is 0 Å². The van der Waals surface area contributed by atoms with Crippen LogP contribution in [0.2, 0.25) is 5.02 Å². The largest absolute Gasteiger partial charge is 0.377 e. The van der Waals surface area contributed by atoms with E-state index in [0.29, 0.717) is 47.8 Å². The summed E-state index contributed by atoms with van der Waals surface area (Å²) in [5, 5.41) is 16.1. The number of fused-ring (bicyclic) bond motifs is 1. The number of nitro groups is 1. The number of carbonyl (C=O) groups is 1. The molecule has 1 aliphatic carbocycles. The van der Waals surface area contributed by atoms with Gasteiger partial charge in [-0.25, -0.2) is 0 Å². The monoisotopic (exact) mass is 456 g/mol. The molecule has 1 N–H and O–H groups in total. The lowest BCUT2D eigenvalue weighted by Crippen LogP contribution is -2.48. The second kappa shape index (κ2) is 8.01. The molecule has 1 amide bonds. The molecule has 31 heavy (non-hydrogen) atoms. The predicted octanol–water partition coefficient (Wildman–Crippen LogP) is 5.00. The Morgan fingerprint density at radius 2 is 1.87 bits per heavy atom. The molecule has 0 radical (unpaired) electrons. The first-order chi connectivity index (χ1) is 15.0. The number of amides is 1. The van der Waals surface area contributed by atoms with Crippen molar-refractivity contribution in [3.63, 3.8) is 0 Å². The molecular formula is C22H21ClN4O3S. The molecular weight excluding hydrogens is 436 g/mol. The van der Waals surface area contributed by atoms with E-state index in [1.807, 2.05) is 35.2 Å². The topological polar surface area (TPSA) is 78.7 Å². The number of carbonyl (C=O) groups excluding carboxylic acids is 1. The number of benzene rings is 2. The van der Waals surface area contributed by atoms with Crippen molar-refractivity contribution in [1.82, 2.24) is 4.90 Å². The van der Waals surface area contributed by atoms with Gasteiger partial charge in [0.1, 0.15) is 10.6 Å². The Labute approximate surface area is 188 Å². The second-order valence-electron chi connectivity index (χ2n) is 7.90. The third-order valence-corrected chi connectivity index (χ3v) is 7.44. The zero-order valence-electron chi connectivity index (χ0n) is 16.7. The van der Waals surface area contributed by atoms with Crippen molar-refractivity contribution in [2.45, 2.75) is 18.9 Å². The van der Waals surface area contributed by atoms with Crippen LogP contribution in [0.4, 0.5) is 17.1 Å². The molecule has 2 heterocycles. The number of nitro benzene ring substituents is 1. The molecule has 5 rings (SSSR count). The van der Waals surface area contributed by atoms with Crippen molar-refractivity contribution in [3.8, 4) is 0 Å². The fourth-order valence-corrected chi connectivity index (χ4v) is 5.39. The number of anilines is 2. The molecule has 1 aromatic heterocycles. The molecule has 2 aliphatic rings. The quantitative estimate of drug-likeness (QED) is 0.431. The van der Waals surface area contributed by atoms with Gasteiger partial charge in [0, 0.05) is 54.1 Å². The van der Waals surface area contributed by atoms with E-state index < -0.39 is 0 Å². The summed E-state index contributed by atoms with van der Waals surface area (Å²) >= 11 is 7.92. The molecule has 1 saturated carbocycles. The first kappa shape index (κ1) is 20.1. The van der Waals surface area contributed by atoms with Gasteiger partial charge in [0.05, 0.1) is 9.95 Å². The summed E-state index contributed by atoms with van der Waals surface area (Å²) in [4.78, 5) is 28.7. The minimum Gasteiger partial charge on any atom is -0.377 e. The fourth-order valence-electron chi connectivity index (χ4n) is 3.91. The maximum absolute atomic E-state index is 13.1. The highest BCUT2D eigenvalue weighted by atomic mass is 35.5. The highest BCUT2D eigenvalue weighted by molar-refractivity contribution is 7.21. The average Bonchev–Trinajstić information content (AvgIpc) is 3.54. The Bertz CT molecular complexity index is 1170. The van der Waals surface area contributed by atoms with Crippen LogP contribution < -0.4 is 10.2 Å². The van der Waals surface area contributed by atoms with Crippen LogP contribution in [0.1, 0.15) is 22.5 Å². The Hall–Kier alpha value is -2.84. The van der Waals surface area contributed by atoms with Crippen LogP contribution >= 0.6 is 22.9 Å². The predicted molar refractivity (Wildman–Crippen MR) is 125 cm³/mol. The van der Waals surface area contributed by atoms with Crippen LogP contribution in [-0.2, 0) is 0 Å². The molecule has 0 spiro atoms. The van der Waals surface area contributed by atoms with Crippen LogP contribution in [0.3, 0.4) is 0 Å². The Balaban J connectivity index is 1.30. The number of thiophene rings is 1. The highest BCUT2D eigenvalue weighted by Crippen LogP contribution is 2.37. The number of piperazine rings is 1. The van der Waals surface area contributed by atoms with E-state index in [1.54, 1.807) is 12.1 Å². The lowest BCUT2D eigenvalue weighted by Gasteiger charge is -2.36. The zero-order chi connectivity index (χ0) is 21.5. The smallest absolute Gasteiger partial charge is 0.292 e. The van der Waals surface area contributed by atoms with Gasteiger partial charge >= 0.3 is 0 Å². The van der Waals surface area contributed by atoms with Gasteiger partial charge in [-0.1, -0.05) is 29.8 Å². The van der Waals surface area contributed by atoms with Gasteiger partial charge in [0.15, 0.2) is 0 Å². The minimum atomic E-state index is -0.347. The van der Waals surface area contributed by atoms with E-state index in [0.717, 1.165) is 28.6 Å². The van der Waals surface area contributed by atoms with Gasteiger partial charge in [-0.2, -0.15) is 0 Å². The van der Waals surface area contributed by atoms with Gasteiger partial charge in [-0.15, -0.1) is 11.3 Å². The van der Waals surface area contributed by atoms with E-state index in [1.165, 1.54) is 11.3 Å². The number of nitrogens with one attached hydrogen (secondary N) is 1. The van der Waals surface area contributed by atoms with Crippen LogP contribution in [-0.4, -0.2) is 48.0 Å². The molecule has 160 valence electrons. The number of rotatable bonds is 5. The number of halogens is 1. The average molecular weight is 457 g/mol. The van der Waals surface area contributed by atoms with E-state index in [9.17, 15) is 14.9 Å². The third-order valence-electron chi connectivity index (χ3n) is 5.77. The third kappa shape index (κ3) is 3.93. The molecule has 3 aromatic rings. The highest BCUT2D eigenvalue weighted by Gasteiger charge is 2.28. The van der Waals surface area contributed by atoms with E-state index >= 15 is 0 Å². The van der Waals surface area contributed by atoms with Gasteiger partial charge in [-0.05, 0) is 31.0 Å². The maximum Gasteiger partial charge on any atom is 0.292 e. The van der Waals surface area contributed by atoms with Gasteiger partial charge < -0.3 is 15.1 Å². The van der Waals surface area contributed by atoms with E-state index in [-0.39, 0.29) is 16.5 Å². The normalized spacial score (nSPS) is 16.5. The first-order valence-electron chi connectivity index (χ1n) is 10.3. The van der Waals surface area contributed by atoms with Crippen molar-refractivity contribution >= 4 is 56.0 Å². The lowest BCUT2D eigenvalue weighted by atomic mass is 10.2. The standard InChI is InChI=1S/C22H21ClN4O3S/c23-20-16-3-1-2-4-19(16)31-21(20)22(28)26-11-9-25(10-12-26)15-7-8-18(27(29)30)17(13-15)24-14-5-6-14/h1-4,7-8,13-14,24H,5-6,9-12H2. The van der Waals surface area contributed by atoms with Crippen molar-refractivity contribution in [1.29, 1.82) is 0 Å². The molecule has 0 atom stereocenters. The van der Waals surface area contributed by atoms with Crippen molar-refractivity contribution < 1.29 is 9.72 Å².